The second-order valence-electron chi connectivity index (χ2n) is 5.52. The van der Waals surface area contributed by atoms with Crippen molar-refractivity contribution in [2.45, 2.75) is 31.7 Å². The Morgan fingerprint density at radius 1 is 1.00 bits per heavy atom. The second-order valence-corrected chi connectivity index (χ2v) is 6.31. The van der Waals surface area contributed by atoms with Gasteiger partial charge in [-0.2, -0.15) is 0 Å². The molecule has 0 unspecified atom stereocenters. The molecule has 3 rings (SSSR count). The van der Waals surface area contributed by atoms with Gasteiger partial charge in [0, 0.05) is 6.04 Å². The summed E-state index contributed by atoms with van der Waals surface area (Å²) in [6, 6.07) is 15.0. The van der Waals surface area contributed by atoms with Crippen LogP contribution in [0.4, 0.5) is 5.69 Å². The molecule has 0 aliphatic heterocycles. The van der Waals surface area contributed by atoms with Gasteiger partial charge >= 0.3 is 0 Å². The summed E-state index contributed by atoms with van der Waals surface area (Å²) in [6.45, 7) is 2.12. The van der Waals surface area contributed by atoms with Crippen LogP contribution in [0.5, 0.6) is 0 Å². The number of halogens is 2. The monoisotopic (exact) mass is 305 g/mol. The van der Waals surface area contributed by atoms with Crippen LogP contribution in [0.25, 0.3) is 0 Å². The Hall–Kier alpha value is -1.18. The molecule has 0 radical (unpaired) electrons. The van der Waals surface area contributed by atoms with Crippen LogP contribution in [0, 0.1) is 6.92 Å². The Balaban J connectivity index is 1.61. The van der Waals surface area contributed by atoms with Crippen molar-refractivity contribution in [2.75, 3.05) is 5.32 Å². The highest BCUT2D eigenvalue weighted by Gasteiger charge is 2.30. The van der Waals surface area contributed by atoms with Crippen molar-refractivity contribution < 1.29 is 0 Å². The highest BCUT2D eigenvalue weighted by Crippen LogP contribution is 2.40. The van der Waals surface area contributed by atoms with Crippen molar-refractivity contribution in [3.63, 3.8) is 0 Å². The van der Waals surface area contributed by atoms with Gasteiger partial charge in [-0.25, -0.2) is 0 Å². The first-order valence-electron chi connectivity index (χ1n) is 6.90. The zero-order chi connectivity index (χ0) is 14.1. The lowest BCUT2D eigenvalue weighted by atomic mass is 9.75. The third kappa shape index (κ3) is 2.79. The van der Waals surface area contributed by atoms with E-state index in [1.807, 2.05) is 18.2 Å². The number of benzene rings is 2. The van der Waals surface area contributed by atoms with Crippen molar-refractivity contribution in [3.8, 4) is 0 Å². The molecule has 1 nitrogen and oxygen atoms in total. The average molecular weight is 306 g/mol. The first kappa shape index (κ1) is 13.8. The highest BCUT2D eigenvalue weighted by molar-refractivity contribution is 6.43. The van der Waals surface area contributed by atoms with E-state index in [9.17, 15) is 0 Å². The topological polar surface area (TPSA) is 12.0 Å². The first-order chi connectivity index (χ1) is 9.63. The molecule has 0 amide bonds. The van der Waals surface area contributed by atoms with Gasteiger partial charge in [0.05, 0.1) is 15.7 Å². The number of anilines is 1. The van der Waals surface area contributed by atoms with Crippen molar-refractivity contribution >= 4 is 28.9 Å². The van der Waals surface area contributed by atoms with E-state index >= 15 is 0 Å². The molecule has 1 aliphatic carbocycles. The molecule has 0 bridgehead atoms. The Morgan fingerprint density at radius 3 is 2.40 bits per heavy atom. The summed E-state index contributed by atoms with van der Waals surface area (Å²) in [4.78, 5) is 0. The lowest BCUT2D eigenvalue weighted by Gasteiger charge is -2.37. The molecular formula is C17H17Cl2N. The number of hydrogen-bond acceptors (Lipinski definition) is 1. The van der Waals surface area contributed by atoms with E-state index in [-0.39, 0.29) is 0 Å². The van der Waals surface area contributed by atoms with Crippen molar-refractivity contribution in [2.24, 2.45) is 0 Å². The summed E-state index contributed by atoms with van der Waals surface area (Å²) in [5.41, 5.74) is 3.69. The number of nitrogens with one attached hydrogen (secondary N) is 1. The van der Waals surface area contributed by atoms with Gasteiger partial charge in [-0.15, -0.1) is 0 Å². The predicted octanol–water partition coefficient (Wildman–Crippen LogP) is 5.66. The number of hydrogen-bond donors (Lipinski definition) is 1. The van der Waals surface area contributed by atoms with Crippen molar-refractivity contribution in [1.82, 2.24) is 0 Å². The van der Waals surface area contributed by atoms with Crippen LogP contribution in [-0.4, -0.2) is 6.04 Å². The summed E-state index contributed by atoms with van der Waals surface area (Å²) in [6.07, 6.45) is 2.29. The summed E-state index contributed by atoms with van der Waals surface area (Å²) in [5.74, 6) is 0.658. The summed E-state index contributed by atoms with van der Waals surface area (Å²) in [7, 11) is 0. The largest absolute Gasteiger partial charge is 0.381 e. The fourth-order valence-corrected chi connectivity index (χ4v) is 3.04. The van der Waals surface area contributed by atoms with E-state index in [1.54, 1.807) is 0 Å². The van der Waals surface area contributed by atoms with E-state index < -0.39 is 0 Å². The molecule has 20 heavy (non-hydrogen) atoms. The van der Waals surface area contributed by atoms with Crippen LogP contribution >= 0.6 is 23.2 Å². The molecule has 0 spiro atoms. The maximum Gasteiger partial charge on any atom is 0.0823 e. The Bertz CT molecular complexity index is 601. The van der Waals surface area contributed by atoms with Crippen molar-refractivity contribution in [1.29, 1.82) is 0 Å². The number of rotatable bonds is 3. The normalized spacial score (nSPS) is 21.4. The van der Waals surface area contributed by atoms with Gasteiger partial charge in [-0.3, -0.25) is 0 Å². The van der Waals surface area contributed by atoms with Gasteiger partial charge < -0.3 is 5.32 Å². The second kappa shape index (κ2) is 5.67. The standard InChI is InChI=1S/C17H17Cl2N/c1-11-5-7-12(8-6-11)13-9-14(10-13)20-16-4-2-3-15(18)17(16)19/h2-8,13-14,20H,9-10H2,1H3. The fraction of sp³-hybridized carbons (Fsp3) is 0.294. The number of aryl methyl sites for hydroxylation is 1. The van der Waals surface area contributed by atoms with E-state index in [2.05, 4.69) is 36.5 Å². The van der Waals surface area contributed by atoms with Gasteiger partial charge in [0.2, 0.25) is 0 Å². The first-order valence-corrected chi connectivity index (χ1v) is 7.66. The molecule has 1 saturated carbocycles. The van der Waals surface area contributed by atoms with Crippen LogP contribution in [0.15, 0.2) is 42.5 Å². The van der Waals surface area contributed by atoms with E-state index in [1.165, 1.54) is 11.1 Å². The molecule has 0 saturated heterocycles. The minimum Gasteiger partial charge on any atom is -0.381 e. The SMILES string of the molecule is Cc1ccc(C2CC(Nc3cccc(Cl)c3Cl)C2)cc1. The molecule has 0 atom stereocenters. The molecule has 1 N–H and O–H groups in total. The summed E-state index contributed by atoms with van der Waals surface area (Å²) in [5, 5.41) is 4.70. The van der Waals surface area contributed by atoms with Crippen LogP contribution in [0.2, 0.25) is 10.0 Å². The molecule has 2 aromatic rings. The van der Waals surface area contributed by atoms with Crippen LogP contribution in [0.1, 0.15) is 29.9 Å². The lowest BCUT2D eigenvalue weighted by Crippen LogP contribution is -2.34. The minimum atomic E-state index is 0.484. The molecule has 1 fully saturated rings. The molecule has 2 aromatic carbocycles. The average Bonchev–Trinajstić information content (AvgIpc) is 2.39. The van der Waals surface area contributed by atoms with Gasteiger partial charge in [-0.1, -0.05) is 59.1 Å². The smallest absolute Gasteiger partial charge is 0.0823 e. The van der Waals surface area contributed by atoms with E-state index in [0.717, 1.165) is 18.5 Å². The summed E-state index contributed by atoms with van der Waals surface area (Å²) >= 11 is 12.2. The van der Waals surface area contributed by atoms with E-state index in [4.69, 9.17) is 23.2 Å². The molecular weight excluding hydrogens is 289 g/mol. The van der Waals surface area contributed by atoms with Gasteiger partial charge in [0.15, 0.2) is 0 Å². The lowest BCUT2D eigenvalue weighted by molar-refractivity contribution is 0.374. The quantitative estimate of drug-likeness (QED) is 0.771. The predicted molar refractivity (Wildman–Crippen MR) is 87.0 cm³/mol. The van der Waals surface area contributed by atoms with Crippen LogP contribution in [-0.2, 0) is 0 Å². The Kier molecular flexibility index (Phi) is 3.91. The van der Waals surface area contributed by atoms with Gasteiger partial charge in [0.1, 0.15) is 0 Å². The van der Waals surface area contributed by atoms with Crippen LogP contribution in [0.3, 0.4) is 0 Å². The molecule has 0 aromatic heterocycles. The molecule has 3 heteroatoms. The molecule has 1 aliphatic rings. The maximum atomic E-state index is 6.19. The molecule has 104 valence electrons. The maximum absolute atomic E-state index is 6.19. The van der Waals surface area contributed by atoms with Gasteiger partial charge in [0.25, 0.3) is 0 Å². The zero-order valence-electron chi connectivity index (χ0n) is 11.4. The third-order valence-electron chi connectivity index (χ3n) is 4.00. The molecule has 0 heterocycles. The third-order valence-corrected chi connectivity index (χ3v) is 4.82. The van der Waals surface area contributed by atoms with E-state index in [0.29, 0.717) is 22.0 Å². The van der Waals surface area contributed by atoms with Crippen LogP contribution < -0.4 is 5.32 Å². The van der Waals surface area contributed by atoms with Crippen molar-refractivity contribution in [3.05, 3.63) is 63.6 Å². The summed E-state index contributed by atoms with van der Waals surface area (Å²) < 4.78 is 0. The Morgan fingerprint density at radius 2 is 1.70 bits per heavy atom. The zero-order valence-corrected chi connectivity index (χ0v) is 12.9. The highest BCUT2D eigenvalue weighted by atomic mass is 35.5. The van der Waals surface area contributed by atoms with Gasteiger partial charge in [-0.05, 0) is 43.4 Å². The fourth-order valence-electron chi connectivity index (χ4n) is 2.68. The minimum absolute atomic E-state index is 0.484. The Labute approximate surface area is 129 Å².